The Bertz CT molecular complexity index is 1080. The number of para-hydroxylation sites is 2. The number of aromatic nitrogens is 1. The largest absolute Gasteiger partial charge is 0.477 e. The van der Waals surface area contributed by atoms with Crippen molar-refractivity contribution in [3.63, 3.8) is 0 Å². The number of halogens is 1. The molecule has 0 amide bonds. The summed E-state index contributed by atoms with van der Waals surface area (Å²) in [6.45, 7) is 5.71. The number of hydrogen-bond acceptors (Lipinski definition) is 5. The summed E-state index contributed by atoms with van der Waals surface area (Å²) in [6.07, 6.45) is 3.26. The molecule has 0 saturated carbocycles. The number of piperazine rings is 1. The summed E-state index contributed by atoms with van der Waals surface area (Å²) in [6, 6.07) is 22.8. The number of fused-ring (bicyclic) bond motifs is 2. The van der Waals surface area contributed by atoms with Gasteiger partial charge in [0, 0.05) is 44.1 Å². The number of benzene rings is 2. The number of aryl methyl sites for hydroxylation is 2. The van der Waals surface area contributed by atoms with Gasteiger partial charge in [-0.05, 0) is 61.2 Å². The Morgan fingerprint density at radius 1 is 0.794 bits per heavy atom. The van der Waals surface area contributed by atoms with E-state index in [1.54, 1.807) is 12.1 Å². The predicted octanol–water partition coefficient (Wildman–Crippen LogP) is 4.65. The molecule has 1 N–H and O–H groups in total. The van der Waals surface area contributed by atoms with Crippen molar-refractivity contribution in [3.8, 4) is 0 Å². The van der Waals surface area contributed by atoms with Crippen molar-refractivity contribution in [3.05, 3.63) is 83.6 Å². The first-order valence-electron chi connectivity index (χ1n) is 11.8. The summed E-state index contributed by atoms with van der Waals surface area (Å²) in [5.74, 6) is -0.223. The Kier molecular flexibility index (Phi) is 7.70. The lowest BCUT2D eigenvalue weighted by Crippen LogP contribution is -2.47. The Labute approximate surface area is 207 Å². The third-order valence-corrected chi connectivity index (χ3v) is 6.73. The second-order valence-electron chi connectivity index (χ2n) is 8.78. The van der Waals surface area contributed by atoms with Crippen LogP contribution >= 0.6 is 12.4 Å². The van der Waals surface area contributed by atoms with Crippen molar-refractivity contribution in [2.45, 2.75) is 19.3 Å². The first-order valence-corrected chi connectivity index (χ1v) is 11.8. The van der Waals surface area contributed by atoms with E-state index in [1.165, 1.54) is 22.5 Å². The van der Waals surface area contributed by atoms with Crippen LogP contribution in [0, 0.1) is 0 Å². The highest BCUT2D eigenvalue weighted by Gasteiger charge is 2.22. The van der Waals surface area contributed by atoms with Crippen molar-refractivity contribution >= 4 is 35.6 Å². The second kappa shape index (κ2) is 10.9. The average molecular weight is 479 g/mol. The molecule has 34 heavy (non-hydrogen) atoms. The fraction of sp³-hybridized carbons (Fsp3) is 0.333. The number of rotatable bonds is 6. The van der Waals surface area contributed by atoms with Crippen LogP contribution in [-0.4, -0.2) is 60.2 Å². The molecule has 1 aromatic heterocycles. The highest BCUT2D eigenvalue weighted by molar-refractivity contribution is 5.86. The highest BCUT2D eigenvalue weighted by atomic mass is 35.5. The van der Waals surface area contributed by atoms with E-state index in [4.69, 9.17) is 0 Å². The number of pyridine rings is 1. The molecule has 0 atom stereocenters. The highest BCUT2D eigenvalue weighted by Crippen LogP contribution is 2.35. The van der Waals surface area contributed by atoms with Crippen LogP contribution in [0.1, 0.15) is 28.0 Å². The van der Waals surface area contributed by atoms with Crippen LogP contribution in [0.4, 0.5) is 17.2 Å². The van der Waals surface area contributed by atoms with Crippen molar-refractivity contribution in [1.29, 1.82) is 0 Å². The van der Waals surface area contributed by atoms with Crippen molar-refractivity contribution in [2.24, 2.45) is 0 Å². The lowest BCUT2D eigenvalue weighted by molar-refractivity contribution is 0.0690. The molecule has 3 aromatic rings. The minimum absolute atomic E-state index is 0. The van der Waals surface area contributed by atoms with Gasteiger partial charge in [0.1, 0.15) is 5.82 Å². The number of nitrogens with zero attached hydrogens (tertiary/aromatic N) is 4. The van der Waals surface area contributed by atoms with Crippen LogP contribution in [0.15, 0.2) is 66.7 Å². The van der Waals surface area contributed by atoms with Crippen LogP contribution in [-0.2, 0) is 12.8 Å². The van der Waals surface area contributed by atoms with Crippen LogP contribution < -0.4 is 9.80 Å². The minimum Gasteiger partial charge on any atom is -0.477 e. The molecule has 0 spiro atoms. The molecule has 5 rings (SSSR count). The Morgan fingerprint density at radius 2 is 1.41 bits per heavy atom. The van der Waals surface area contributed by atoms with Crippen LogP contribution in [0.5, 0.6) is 0 Å². The molecule has 178 valence electrons. The molecule has 7 heteroatoms. The van der Waals surface area contributed by atoms with E-state index in [2.05, 4.69) is 68.2 Å². The monoisotopic (exact) mass is 478 g/mol. The van der Waals surface area contributed by atoms with E-state index < -0.39 is 5.97 Å². The van der Waals surface area contributed by atoms with Gasteiger partial charge < -0.3 is 14.9 Å². The Hall–Kier alpha value is -3.09. The Morgan fingerprint density at radius 3 is 2.03 bits per heavy atom. The fourth-order valence-corrected chi connectivity index (χ4v) is 4.98. The molecule has 2 aromatic carbocycles. The predicted molar refractivity (Wildman–Crippen MR) is 139 cm³/mol. The number of carboxylic acids is 1. The molecule has 0 unspecified atom stereocenters. The number of aromatic carboxylic acids is 1. The second-order valence-corrected chi connectivity index (χ2v) is 8.78. The van der Waals surface area contributed by atoms with Gasteiger partial charge in [-0.2, -0.15) is 0 Å². The summed E-state index contributed by atoms with van der Waals surface area (Å²) in [4.78, 5) is 22.7. The SMILES string of the molecule is Cl.O=C(O)c1cccc(N2CCN(CCCN3c4ccccc4CCc4ccccc43)CC2)n1. The first kappa shape index (κ1) is 24.0. The molecule has 1 saturated heterocycles. The molecule has 3 heterocycles. The molecule has 1 fully saturated rings. The lowest BCUT2D eigenvalue weighted by Gasteiger charge is -2.36. The Balaban J connectivity index is 0.00000274. The van der Waals surface area contributed by atoms with E-state index in [0.29, 0.717) is 0 Å². The number of carbonyl (C=O) groups is 1. The summed E-state index contributed by atoms with van der Waals surface area (Å²) >= 11 is 0. The summed E-state index contributed by atoms with van der Waals surface area (Å²) < 4.78 is 0. The van der Waals surface area contributed by atoms with Crippen molar-refractivity contribution < 1.29 is 9.90 Å². The third-order valence-electron chi connectivity index (χ3n) is 6.73. The van der Waals surface area contributed by atoms with Gasteiger partial charge in [0.15, 0.2) is 5.69 Å². The quantitative estimate of drug-likeness (QED) is 0.556. The zero-order valence-corrected chi connectivity index (χ0v) is 20.1. The van der Waals surface area contributed by atoms with Crippen molar-refractivity contribution in [1.82, 2.24) is 9.88 Å². The van der Waals surface area contributed by atoms with Gasteiger partial charge in [0.25, 0.3) is 0 Å². The molecular formula is C27H31ClN4O2. The van der Waals surface area contributed by atoms with E-state index >= 15 is 0 Å². The summed E-state index contributed by atoms with van der Waals surface area (Å²) in [5, 5.41) is 9.20. The van der Waals surface area contributed by atoms with Gasteiger partial charge in [-0.25, -0.2) is 9.78 Å². The van der Waals surface area contributed by atoms with E-state index in [-0.39, 0.29) is 18.1 Å². The van der Waals surface area contributed by atoms with Crippen LogP contribution in [0.2, 0.25) is 0 Å². The number of hydrogen-bond donors (Lipinski definition) is 1. The summed E-state index contributed by atoms with van der Waals surface area (Å²) in [5.41, 5.74) is 5.65. The third kappa shape index (κ3) is 5.18. The van der Waals surface area contributed by atoms with E-state index in [1.807, 2.05) is 6.07 Å². The fourth-order valence-electron chi connectivity index (χ4n) is 4.98. The molecule has 6 nitrogen and oxygen atoms in total. The van der Waals surface area contributed by atoms with Gasteiger partial charge in [-0.1, -0.05) is 42.5 Å². The van der Waals surface area contributed by atoms with E-state index in [0.717, 1.165) is 64.3 Å². The average Bonchev–Trinajstić information content (AvgIpc) is 3.02. The summed E-state index contributed by atoms with van der Waals surface area (Å²) in [7, 11) is 0. The zero-order chi connectivity index (χ0) is 22.6. The van der Waals surface area contributed by atoms with Gasteiger partial charge >= 0.3 is 5.97 Å². The lowest BCUT2D eigenvalue weighted by atomic mass is 10.0. The maximum atomic E-state index is 11.2. The maximum absolute atomic E-state index is 11.2. The molecule has 2 aliphatic rings. The topological polar surface area (TPSA) is 59.9 Å². The zero-order valence-electron chi connectivity index (χ0n) is 19.3. The maximum Gasteiger partial charge on any atom is 0.354 e. The van der Waals surface area contributed by atoms with Crippen LogP contribution in [0.3, 0.4) is 0 Å². The van der Waals surface area contributed by atoms with E-state index in [9.17, 15) is 9.90 Å². The van der Waals surface area contributed by atoms with Gasteiger partial charge in [-0.3, -0.25) is 4.90 Å². The minimum atomic E-state index is -0.979. The van der Waals surface area contributed by atoms with Gasteiger partial charge in [0.05, 0.1) is 0 Å². The number of anilines is 3. The number of carboxylic acid groups (broad SMARTS) is 1. The van der Waals surface area contributed by atoms with Gasteiger partial charge in [0.2, 0.25) is 0 Å². The molecule has 0 aliphatic carbocycles. The van der Waals surface area contributed by atoms with Crippen molar-refractivity contribution in [2.75, 3.05) is 49.1 Å². The smallest absolute Gasteiger partial charge is 0.354 e. The van der Waals surface area contributed by atoms with Crippen LogP contribution in [0.25, 0.3) is 0 Å². The molecule has 0 bridgehead atoms. The molecular weight excluding hydrogens is 448 g/mol. The first-order chi connectivity index (χ1) is 16.2. The molecule has 2 aliphatic heterocycles. The molecule has 0 radical (unpaired) electrons. The standard InChI is InChI=1S/C27H30N4O2.ClH/c32-27(33)23-9-5-12-26(28-23)30-19-17-29(18-20-30)15-6-16-31-24-10-3-1-7-21(24)13-14-22-8-2-4-11-25(22)31;/h1-5,7-12H,6,13-20H2,(H,32,33);1H. The van der Waals surface area contributed by atoms with Gasteiger partial charge in [-0.15, -0.1) is 12.4 Å². The normalized spacial score (nSPS) is 15.6.